The Balaban J connectivity index is 5.16. The van der Waals surface area contributed by atoms with Gasteiger partial charge in [-0.15, -0.1) is 0 Å². The molecular weight excluding hydrogens is 246 g/mol. The highest BCUT2D eigenvalue weighted by Gasteiger charge is 2.42. The average Bonchev–Trinajstić information content (AvgIpc) is 2.35. The zero-order valence-electron chi connectivity index (χ0n) is 12.5. The number of carbonyl (C=O) groups excluding carboxylic acids is 2. The molecule has 0 bridgehead atoms. The number of rotatable bonds is 6. The maximum absolute atomic E-state index is 12.0. The highest BCUT2D eigenvalue weighted by Crippen LogP contribution is 2.40. The summed E-state index contributed by atoms with van der Waals surface area (Å²) in [5.41, 5.74) is -1.61. The first-order chi connectivity index (χ1) is 8.61. The van der Waals surface area contributed by atoms with Gasteiger partial charge in [0.2, 0.25) is 0 Å². The fourth-order valence-corrected chi connectivity index (χ4v) is 2.30. The molecule has 107 valence electrons. The molecule has 0 rings (SSSR count). The molecule has 0 N–H and O–H groups in total. The SMILES string of the molecule is COC(=O)[C](C)CC(C)(CC(C)(C)C#N)C(=O)OC. The van der Waals surface area contributed by atoms with Crippen molar-refractivity contribution in [2.75, 3.05) is 14.2 Å². The molecule has 0 fully saturated rings. The van der Waals surface area contributed by atoms with Gasteiger partial charge in [-0.25, -0.2) is 0 Å². The van der Waals surface area contributed by atoms with Gasteiger partial charge in [0.1, 0.15) is 0 Å². The largest absolute Gasteiger partial charge is 0.469 e. The summed E-state index contributed by atoms with van der Waals surface area (Å²) in [5, 5.41) is 9.10. The molecule has 5 heteroatoms. The smallest absolute Gasteiger partial charge is 0.312 e. The predicted molar refractivity (Wildman–Crippen MR) is 69.7 cm³/mol. The fraction of sp³-hybridized carbons (Fsp3) is 0.714. The predicted octanol–water partition coefficient (Wildman–Crippen LogP) is 2.26. The molecule has 0 aliphatic rings. The second-order valence-electron chi connectivity index (χ2n) is 5.67. The number of carbonyl (C=O) groups is 2. The molecular formula is C14H22NO4. The Kier molecular flexibility index (Phi) is 6.01. The fourth-order valence-electron chi connectivity index (χ4n) is 2.30. The van der Waals surface area contributed by atoms with E-state index in [1.54, 1.807) is 27.7 Å². The first-order valence-electron chi connectivity index (χ1n) is 6.02. The van der Waals surface area contributed by atoms with Crippen LogP contribution in [-0.2, 0) is 19.1 Å². The van der Waals surface area contributed by atoms with Crippen molar-refractivity contribution < 1.29 is 19.1 Å². The minimum Gasteiger partial charge on any atom is -0.469 e. The maximum Gasteiger partial charge on any atom is 0.312 e. The Bertz CT molecular complexity index is 383. The van der Waals surface area contributed by atoms with Crippen LogP contribution in [0.5, 0.6) is 0 Å². The summed E-state index contributed by atoms with van der Waals surface area (Å²) < 4.78 is 9.44. The number of hydrogen-bond donors (Lipinski definition) is 0. The van der Waals surface area contributed by atoms with Crippen LogP contribution in [0.2, 0.25) is 0 Å². The summed E-state index contributed by atoms with van der Waals surface area (Å²) in [5.74, 6) is -0.451. The van der Waals surface area contributed by atoms with Gasteiger partial charge in [-0.05, 0) is 40.5 Å². The van der Waals surface area contributed by atoms with Crippen molar-refractivity contribution >= 4 is 11.9 Å². The number of esters is 2. The van der Waals surface area contributed by atoms with E-state index in [4.69, 9.17) is 10.00 Å². The number of nitrogens with zero attached hydrogens (tertiary/aromatic N) is 1. The Hall–Kier alpha value is -1.57. The van der Waals surface area contributed by atoms with E-state index < -0.39 is 22.8 Å². The van der Waals surface area contributed by atoms with E-state index in [1.165, 1.54) is 14.2 Å². The van der Waals surface area contributed by atoms with Gasteiger partial charge in [-0.1, -0.05) is 0 Å². The van der Waals surface area contributed by atoms with Gasteiger partial charge in [0.05, 0.1) is 37.0 Å². The molecule has 1 radical (unpaired) electrons. The molecule has 0 aliphatic heterocycles. The third-order valence-electron chi connectivity index (χ3n) is 3.00. The summed E-state index contributed by atoms with van der Waals surface area (Å²) in [6.45, 7) is 6.82. The van der Waals surface area contributed by atoms with Crippen molar-refractivity contribution in [2.24, 2.45) is 10.8 Å². The van der Waals surface area contributed by atoms with Gasteiger partial charge in [-0.3, -0.25) is 9.59 Å². The van der Waals surface area contributed by atoms with Crippen LogP contribution in [0.15, 0.2) is 0 Å². The lowest BCUT2D eigenvalue weighted by molar-refractivity contribution is -0.154. The monoisotopic (exact) mass is 268 g/mol. The number of nitriles is 1. The molecule has 0 heterocycles. The molecule has 19 heavy (non-hydrogen) atoms. The van der Waals surface area contributed by atoms with Crippen molar-refractivity contribution in [3.05, 3.63) is 5.92 Å². The summed E-state index contributed by atoms with van der Waals surface area (Å²) >= 11 is 0. The summed E-state index contributed by atoms with van der Waals surface area (Å²) in [6, 6.07) is 2.16. The van der Waals surface area contributed by atoms with E-state index in [9.17, 15) is 9.59 Å². The van der Waals surface area contributed by atoms with Crippen molar-refractivity contribution in [3.63, 3.8) is 0 Å². The van der Waals surface area contributed by atoms with Crippen molar-refractivity contribution in [3.8, 4) is 6.07 Å². The highest BCUT2D eigenvalue weighted by atomic mass is 16.5. The molecule has 1 unspecified atom stereocenters. The zero-order chi connectivity index (χ0) is 15.3. The van der Waals surface area contributed by atoms with E-state index >= 15 is 0 Å². The van der Waals surface area contributed by atoms with Gasteiger partial charge < -0.3 is 9.47 Å². The van der Waals surface area contributed by atoms with Crippen LogP contribution in [0.4, 0.5) is 0 Å². The number of methoxy groups -OCH3 is 2. The highest BCUT2D eigenvalue weighted by molar-refractivity contribution is 5.86. The van der Waals surface area contributed by atoms with Gasteiger partial charge in [0, 0.05) is 0 Å². The Labute approximate surface area is 114 Å². The summed E-state index contributed by atoms with van der Waals surface area (Å²) in [7, 11) is 2.59. The molecule has 0 aromatic heterocycles. The molecule has 5 nitrogen and oxygen atoms in total. The molecule has 0 saturated heterocycles. The van der Waals surface area contributed by atoms with E-state index in [1.807, 2.05) is 0 Å². The van der Waals surface area contributed by atoms with Gasteiger partial charge in [0.25, 0.3) is 0 Å². The minimum atomic E-state index is -0.924. The Morgan fingerprint density at radius 3 is 2.05 bits per heavy atom. The first kappa shape index (κ1) is 17.4. The van der Waals surface area contributed by atoms with E-state index in [0.717, 1.165) is 0 Å². The molecule has 0 aromatic carbocycles. The topological polar surface area (TPSA) is 76.4 Å². The van der Waals surface area contributed by atoms with Gasteiger partial charge in [-0.2, -0.15) is 5.26 Å². The van der Waals surface area contributed by atoms with Gasteiger partial charge in [0.15, 0.2) is 0 Å². The summed E-state index contributed by atoms with van der Waals surface area (Å²) in [4.78, 5) is 23.4. The van der Waals surface area contributed by atoms with Gasteiger partial charge >= 0.3 is 11.9 Å². The quantitative estimate of drug-likeness (QED) is 0.691. The van der Waals surface area contributed by atoms with Crippen molar-refractivity contribution in [1.29, 1.82) is 5.26 Å². The molecule has 0 amide bonds. The lowest BCUT2D eigenvalue weighted by atomic mass is 9.70. The van der Waals surface area contributed by atoms with E-state index in [2.05, 4.69) is 10.8 Å². The molecule has 0 aliphatic carbocycles. The standard InChI is InChI=1S/C14H22NO4/c1-10(11(16)18-5)7-14(4,12(17)19-6)8-13(2,3)9-15/h7-8H2,1-6H3. The second-order valence-corrected chi connectivity index (χ2v) is 5.67. The third kappa shape index (κ3) is 4.90. The van der Waals surface area contributed by atoms with Crippen LogP contribution in [0.1, 0.15) is 40.5 Å². The van der Waals surface area contributed by atoms with Crippen LogP contribution in [0, 0.1) is 28.1 Å². The molecule has 0 spiro atoms. The van der Waals surface area contributed by atoms with Crippen LogP contribution in [0.25, 0.3) is 0 Å². The van der Waals surface area contributed by atoms with Crippen molar-refractivity contribution in [1.82, 2.24) is 0 Å². The first-order valence-corrected chi connectivity index (χ1v) is 6.02. The van der Waals surface area contributed by atoms with Crippen LogP contribution in [-0.4, -0.2) is 26.2 Å². The number of ether oxygens (including phenoxy) is 2. The van der Waals surface area contributed by atoms with E-state index in [-0.39, 0.29) is 6.42 Å². The zero-order valence-corrected chi connectivity index (χ0v) is 12.5. The average molecular weight is 268 g/mol. The van der Waals surface area contributed by atoms with Crippen LogP contribution >= 0.6 is 0 Å². The van der Waals surface area contributed by atoms with Crippen LogP contribution < -0.4 is 0 Å². The molecule has 0 saturated carbocycles. The lowest BCUT2D eigenvalue weighted by Gasteiger charge is -2.32. The third-order valence-corrected chi connectivity index (χ3v) is 3.00. The summed E-state index contributed by atoms with van der Waals surface area (Å²) in [6.07, 6.45) is 0.509. The number of hydrogen-bond acceptors (Lipinski definition) is 5. The lowest BCUT2D eigenvalue weighted by Crippen LogP contribution is -2.36. The normalized spacial score (nSPS) is 14.4. The van der Waals surface area contributed by atoms with E-state index in [0.29, 0.717) is 12.3 Å². The minimum absolute atomic E-state index is 0.206. The second kappa shape index (κ2) is 6.55. The Morgan fingerprint density at radius 2 is 1.68 bits per heavy atom. The maximum atomic E-state index is 12.0. The van der Waals surface area contributed by atoms with Crippen molar-refractivity contribution in [2.45, 2.75) is 40.5 Å². The molecule has 1 atom stereocenters. The van der Waals surface area contributed by atoms with Crippen LogP contribution in [0.3, 0.4) is 0 Å². The molecule has 0 aromatic rings. The Morgan fingerprint density at radius 1 is 1.16 bits per heavy atom.